The van der Waals surface area contributed by atoms with Gasteiger partial charge in [0.15, 0.2) is 12.1 Å². The fourth-order valence-electron chi connectivity index (χ4n) is 0.596. The van der Waals surface area contributed by atoms with Crippen LogP contribution in [0.5, 0.6) is 0 Å². The SMILES string of the molecule is N#CC#N.Nc1ccc([N+](=O)[O-])cc1. The van der Waals surface area contributed by atoms with Crippen LogP contribution < -0.4 is 5.73 Å². The van der Waals surface area contributed by atoms with Crippen LogP contribution in [0.4, 0.5) is 11.4 Å². The van der Waals surface area contributed by atoms with Crippen LogP contribution >= 0.6 is 0 Å². The zero-order valence-electron chi connectivity index (χ0n) is 7.04. The van der Waals surface area contributed by atoms with Crippen molar-refractivity contribution in [3.8, 4) is 12.1 Å². The molecule has 0 saturated heterocycles. The van der Waals surface area contributed by atoms with Crippen molar-refractivity contribution in [3.63, 3.8) is 0 Å². The highest BCUT2D eigenvalue weighted by Crippen LogP contribution is 2.11. The van der Waals surface area contributed by atoms with Crippen molar-refractivity contribution in [2.24, 2.45) is 0 Å². The highest BCUT2D eigenvalue weighted by Gasteiger charge is 2.00. The minimum absolute atomic E-state index is 0.0641. The first-order chi connectivity index (χ1) is 6.61. The monoisotopic (exact) mass is 190 g/mol. The van der Waals surface area contributed by atoms with Gasteiger partial charge >= 0.3 is 0 Å². The van der Waals surface area contributed by atoms with Gasteiger partial charge in [0.1, 0.15) is 0 Å². The van der Waals surface area contributed by atoms with Crippen molar-refractivity contribution in [3.05, 3.63) is 34.4 Å². The number of benzene rings is 1. The summed E-state index contributed by atoms with van der Waals surface area (Å²) in [6, 6.07) is 8.21. The second-order valence-corrected chi connectivity index (χ2v) is 2.07. The Bertz CT molecular complexity index is 373. The number of nitriles is 2. The number of anilines is 1. The predicted octanol–water partition coefficient (Wildman–Crippen LogP) is 1.21. The fraction of sp³-hybridized carbons (Fsp3) is 0. The number of nitrogens with zero attached hydrogens (tertiary/aromatic N) is 3. The lowest BCUT2D eigenvalue weighted by Crippen LogP contribution is -1.88. The number of rotatable bonds is 1. The van der Waals surface area contributed by atoms with Gasteiger partial charge in [-0.15, -0.1) is 0 Å². The molecule has 0 amide bonds. The minimum atomic E-state index is -0.459. The molecule has 0 heterocycles. The Morgan fingerprint density at radius 1 is 1.21 bits per heavy atom. The average molecular weight is 190 g/mol. The predicted molar refractivity (Wildman–Crippen MR) is 48.7 cm³/mol. The summed E-state index contributed by atoms with van der Waals surface area (Å²) in [5.41, 5.74) is 5.90. The van der Waals surface area contributed by atoms with E-state index in [2.05, 4.69) is 0 Å². The second-order valence-electron chi connectivity index (χ2n) is 2.07. The summed E-state index contributed by atoms with van der Waals surface area (Å²) < 4.78 is 0. The van der Waals surface area contributed by atoms with E-state index in [4.69, 9.17) is 16.3 Å². The molecule has 0 saturated carbocycles. The first-order valence-electron chi connectivity index (χ1n) is 3.40. The van der Waals surface area contributed by atoms with Crippen LogP contribution in [0, 0.1) is 32.8 Å². The van der Waals surface area contributed by atoms with Crippen molar-refractivity contribution in [2.75, 3.05) is 5.73 Å². The van der Waals surface area contributed by atoms with E-state index in [1.807, 2.05) is 0 Å². The molecule has 1 aromatic rings. The number of nitro groups is 1. The molecule has 0 atom stereocenters. The largest absolute Gasteiger partial charge is 0.399 e. The van der Waals surface area contributed by atoms with Crippen LogP contribution in [0.1, 0.15) is 0 Å². The van der Waals surface area contributed by atoms with Crippen LogP contribution in [-0.2, 0) is 0 Å². The van der Waals surface area contributed by atoms with E-state index in [1.165, 1.54) is 36.4 Å². The van der Waals surface area contributed by atoms with E-state index in [0.717, 1.165) is 0 Å². The van der Waals surface area contributed by atoms with E-state index in [-0.39, 0.29) is 5.69 Å². The van der Waals surface area contributed by atoms with Crippen LogP contribution in [0.2, 0.25) is 0 Å². The molecule has 0 aliphatic carbocycles. The molecule has 6 heteroatoms. The van der Waals surface area contributed by atoms with Gasteiger partial charge in [0.2, 0.25) is 0 Å². The summed E-state index contributed by atoms with van der Waals surface area (Å²) in [4.78, 5) is 9.62. The zero-order chi connectivity index (χ0) is 11.0. The molecular weight excluding hydrogens is 184 g/mol. The molecule has 0 aromatic heterocycles. The van der Waals surface area contributed by atoms with Crippen LogP contribution in [0.3, 0.4) is 0 Å². The van der Waals surface area contributed by atoms with E-state index in [9.17, 15) is 10.1 Å². The van der Waals surface area contributed by atoms with Crippen molar-refractivity contribution in [1.82, 2.24) is 0 Å². The zero-order valence-corrected chi connectivity index (χ0v) is 7.04. The molecule has 0 aliphatic heterocycles. The Labute approximate surface area is 79.9 Å². The summed E-state index contributed by atoms with van der Waals surface area (Å²) >= 11 is 0. The first-order valence-corrected chi connectivity index (χ1v) is 3.40. The molecule has 70 valence electrons. The van der Waals surface area contributed by atoms with Gasteiger partial charge in [-0.05, 0) is 12.1 Å². The fourth-order valence-corrected chi connectivity index (χ4v) is 0.596. The summed E-state index contributed by atoms with van der Waals surface area (Å²) in [5, 5.41) is 24.6. The Kier molecular flexibility index (Phi) is 4.87. The molecular formula is C8H6N4O2. The van der Waals surface area contributed by atoms with Gasteiger partial charge in [0.05, 0.1) is 4.92 Å². The topological polar surface area (TPSA) is 117 Å². The molecule has 0 bridgehead atoms. The molecule has 1 aromatic carbocycles. The third kappa shape index (κ3) is 4.31. The van der Waals surface area contributed by atoms with Gasteiger partial charge in [-0.25, -0.2) is 0 Å². The van der Waals surface area contributed by atoms with E-state index in [0.29, 0.717) is 5.69 Å². The number of nitrogen functional groups attached to an aromatic ring is 1. The van der Waals surface area contributed by atoms with E-state index >= 15 is 0 Å². The molecule has 0 radical (unpaired) electrons. The first kappa shape index (κ1) is 11.4. The maximum Gasteiger partial charge on any atom is 0.269 e. The average Bonchev–Trinajstić information content (AvgIpc) is 2.19. The van der Waals surface area contributed by atoms with Gasteiger partial charge in [0.25, 0.3) is 5.69 Å². The lowest BCUT2D eigenvalue weighted by molar-refractivity contribution is -0.384. The Balaban J connectivity index is 0.000000364. The molecule has 1 rings (SSSR count). The number of hydrogen-bond acceptors (Lipinski definition) is 5. The third-order valence-electron chi connectivity index (χ3n) is 1.15. The highest BCUT2D eigenvalue weighted by molar-refractivity contribution is 5.44. The van der Waals surface area contributed by atoms with Gasteiger partial charge in [-0.3, -0.25) is 10.1 Å². The van der Waals surface area contributed by atoms with E-state index in [1.54, 1.807) is 0 Å². The van der Waals surface area contributed by atoms with Gasteiger partial charge < -0.3 is 5.73 Å². The van der Waals surface area contributed by atoms with Crippen LogP contribution in [-0.4, -0.2) is 4.92 Å². The quantitative estimate of drug-likeness (QED) is 0.405. The summed E-state index contributed by atoms with van der Waals surface area (Å²) in [5.74, 6) is 0. The van der Waals surface area contributed by atoms with Gasteiger partial charge in [0, 0.05) is 17.8 Å². The summed E-state index contributed by atoms with van der Waals surface area (Å²) in [6.45, 7) is 0. The molecule has 0 aliphatic rings. The Hall–Kier alpha value is -2.60. The number of nitrogens with two attached hydrogens (primary N) is 1. The maximum absolute atomic E-state index is 10.1. The number of non-ortho nitro benzene ring substituents is 1. The van der Waals surface area contributed by atoms with Crippen molar-refractivity contribution in [2.45, 2.75) is 0 Å². The van der Waals surface area contributed by atoms with Gasteiger partial charge in [-0.1, -0.05) is 0 Å². The Morgan fingerprint density at radius 3 is 1.93 bits per heavy atom. The van der Waals surface area contributed by atoms with Crippen molar-refractivity contribution >= 4 is 11.4 Å². The van der Waals surface area contributed by atoms with Gasteiger partial charge in [-0.2, -0.15) is 10.5 Å². The minimum Gasteiger partial charge on any atom is -0.399 e. The van der Waals surface area contributed by atoms with Crippen LogP contribution in [0.25, 0.3) is 0 Å². The number of hydrogen-bond donors (Lipinski definition) is 1. The van der Waals surface area contributed by atoms with E-state index < -0.39 is 4.92 Å². The standard InChI is InChI=1S/C6H6N2O2.C2N2/c7-5-1-3-6(4-2-5)8(9)10;3-1-2-4/h1-4H,7H2;. The second kappa shape index (κ2) is 5.98. The van der Waals surface area contributed by atoms with Crippen LogP contribution in [0.15, 0.2) is 24.3 Å². The lowest BCUT2D eigenvalue weighted by Gasteiger charge is -1.90. The molecule has 14 heavy (non-hydrogen) atoms. The molecule has 2 N–H and O–H groups in total. The normalized spacial score (nSPS) is 7.29. The molecule has 0 unspecified atom stereocenters. The summed E-state index contributed by atoms with van der Waals surface area (Å²) in [6.07, 6.45) is 0. The third-order valence-corrected chi connectivity index (χ3v) is 1.15. The number of nitro benzene ring substituents is 1. The molecule has 6 nitrogen and oxygen atoms in total. The smallest absolute Gasteiger partial charge is 0.269 e. The van der Waals surface area contributed by atoms with Crippen molar-refractivity contribution in [1.29, 1.82) is 10.5 Å². The lowest BCUT2D eigenvalue weighted by atomic mass is 10.3. The Morgan fingerprint density at radius 2 is 1.64 bits per heavy atom. The molecule has 0 fully saturated rings. The van der Waals surface area contributed by atoms with Crippen molar-refractivity contribution < 1.29 is 4.92 Å². The molecule has 0 spiro atoms. The highest BCUT2D eigenvalue weighted by atomic mass is 16.6. The maximum atomic E-state index is 10.1. The summed E-state index contributed by atoms with van der Waals surface area (Å²) in [7, 11) is 0.